The van der Waals surface area contributed by atoms with E-state index in [0.717, 1.165) is 28.1 Å². The first-order valence-electron chi connectivity index (χ1n) is 18.3. The van der Waals surface area contributed by atoms with Crippen molar-refractivity contribution < 1.29 is 0 Å². The Labute approximate surface area is 310 Å². The average Bonchev–Trinajstić information content (AvgIpc) is 3.47. The maximum absolute atomic E-state index is 5.28. The fourth-order valence-corrected chi connectivity index (χ4v) is 8.55. The van der Waals surface area contributed by atoms with E-state index in [-0.39, 0.29) is 5.41 Å². The van der Waals surface area contributed by atoms with Crippen LogP contribution in [0, 0.1) is 0 Å². The van der Waals surface area contributed by atoms with Crippen molar-refractivity contribution in [3.63, 3.8) is 0 Å². The molecule has 0 atom stereocenters. The number of hydrogen-bond donors (Lipinski definition) is 0. The fourth-order valence-electron chi connectivity index (χ4n) is 8.55. The Morgan fingerprint density at radius 2 is 0.943 bits per heavy atom. The molecule has 1 heterocycles. The van der Waals surface area contributed by atoms with Gasteiger partial charge in [0.2, 0.25) is 0 Å². The number of hydrogen-bond acceptors (Lipinski definition) is 2. The summed E-state index contributed by atoms with van der Waals surface area (Å²) in [6.45, 7) is 4.76. The van der Waals surface area contributed by atoms with Gasteiger partial charge < -0.3 is 0 Å². The van der Waals surface area contributed by atoms with Gasteiger partial charge in [0.05, 0.1) is 11.4 Å². The highest BCUT2D eigenvalue weighted by atomic mass is 14.9. The Bertz CT molecular complexity index is 2830. The molecule has 1 aliphatic carbocycles. The standard InChI is InChI=1S/C51H36N2/c1-51(2)45-31-28-35-16-9-10-19-38(35)48(45)44-23-13-22-43(49(44)51)41-29-30-42(40-21-12-11-20-39(40)41)47-32-46(36-17-7-4-8-18-36)52-50(53-47)37-26-24-34(25-27-37)33-14-5-3-6-15-33/h3-32H,1-2H3. The first-order valence-corrected chi connectivity index (χ1v) is 18.3. The van der Waals surface area contributed by atoms with Crippen molar-refractivity contribution in [3.8, 4) is 67.3 Å². The average molecular weight is 677 g/mol. The number of aromatic nitrogens is 2. The summed E-state index contributed by atoms with van der Waals surface area (Å²) in [5, 5.41) is 4.98. The molecule has 0 unspecified atom stereocenters. The molecule has 0 saturated heterocycles. The summed E-state index contributed by atoms with van der Waals surface area (Å²) >= 11 is 0. The minimum atomic E-state index is -0.159. The Balaban J connectivity index is 1.14. The molecule has 10 rings (SSSR count). The van der Waals surface area contributed by atoms with Crippen LogP contribution >= 0.6 is 0 Å². The number of rotatable bonds is 5. The molecule has 0 bridgehead atoms. The zero-order chi connectivity index (χ0) is 35.5. The van der Waals surface area contributed by atoms with Gasteiger partial charge in [0, 0.05) is 22.1 Å². The molecule has 1 aliphatic rings. The summed E-state index contributed by atoms with van der Waals surface area (Å²) in [5.74, 6) is 0.710. The molecule has 1 aromatic heterocycles. The summed E-state index contributed by atoms with van der Waals surface area (Å²) in [7, 11) is 0. The van der Waals surface area contributed by atoms with E-state index in [2.05, 4.69) is 184 Å². The summed E-state index contributed by atoms with van der Waals surface area (Å²) in [6.07, 6.45) is 0. The molecule has 53 heavy (non-hydrogen) atoms. The molecular formula is C51H36N2. The zero-order valence-corrected chi connectivity index (χ0v) is 29.7. The summed E-state index contributed by atoms with van der Waals surface area (Å²) < 4.78 is 0. The van der Waals surface area contributed by atoms with E-state index in [1.54, 1.807) is 0 Å². The normalized spacial score (nSPS) is 12.9. The molecule has 2 nitrogen and oxygen atoms in total. The van der Waals surface area contributed by atoms with Gasteiger partial charge in [-0.25, -0.2) is 9.97 Å². The predicted molar refractivity (Wildman–Crippen MR) is 222 cm³/mol. The third-order valence-corrected chi connectivity index (χ3v) is 11.1. The molecule has 0 radical (unpaired) electrons. The van der Waals surface area contributed by atoms with Crippen molar-refractivity contribution in [1.82, 2.24) is 9.97 Å². The van der Waals surface area contributed by atoms with Crippen LogP contribution in [-0.4, -0.2) is 9.97 Å². The highest BCUT2D eigenvalue weighted by Gasteiger charge is 2.38. The molecule has 2 heteroatoms. The van der Waals surface area contributed by atoms with E-state index in [4.69, 9.17) is 9.97 Å². The lowest BCUT2D eigenvalue weighted by Crippen LogP contribution is -2.16. The first-order chi connectivity index (χ1) is 26.0. The lowest BCUT2D eigenvalue weighted by molar-refractivity contribution is 0.662. The van der Waals surface area contributed by atoms with Crippen LogP contribution in [0.3, 0.4) is 0 Å². The van der Waals surface area contributed by atoms with E-state index in [1.807, 2.05) is 12.1 Å². The van der Waals surface area contributed by atoms with Gasteiger partial charge in [-0.2, -0.15) is 0 Å². The summed E-state index contributed by atoms with van der Waals surface area (Å²) in [5.41, 5.74) is 15.1. The van der Waals surface area contributed by atoms with Crippen molar-refractivity contribution in [2.75, 3.05) is 0 Å². The molecular weight excluding hydrogens is 641 g/mol. The Kier molecular flexibility index (Phi) is 7.19. The van der Waals surface area contributed by atoms with Gasteiger partial charge >= 0.3 is 0 Å². The third kappa shape index (κ3) is 5.10. The topological polar surface area (TPSA) is 25.8 Å². The minimum absolute atomic E-state index is 0.159. The Hall–Kier alpha value is -6.64. The SMILES string of the molecule is CC1(C)c2ccc3ccccc3c2-c2cccc(-c3ccc(-c4cc(-c5ccccc5)nc(-c5ccc(-c6ccccc6)cc5)n4)c4ccccc34)c21. The second kappa shape index (κ2) is 12.3. The van der Waals surface area contributed by atoms with Crippen LogP contribution in [0.4, 0.5) is 0 Å². The van der Waals surface area contributed by atoms with E-state index >= 15 is 0 Å². The van der Waals surface area contributed by atoms with Gasteiger partial charge in [0.1, 0.15) is 0 Å². The first kappa shape index (κ1) is 31.1. The zero-order valence-electron chi connectivity index (χ0n) is 29.7. The predicted octanol–water partition coefficient (Wildman–Crippen LogP) is 13.4. The van der Waals surface area contributed by atoms with Crippen LogP contribution in [0.15, 0.2) is 182 Å². The van der Waals surface area contributed by atoms with Gasteiger partial charge in [-0.05, 0) is 72.1 Å². The summed E-state index contributed by atoms with van der Waals surface area (Å²) in [4.78, 5) is 10.4. The molecule has 0 spiro atoms. The number of fused-ring (bicyclic) bond motifs is 6. The maximum atomic E-state index is 5.28. The second-order valence-corrected chi connectivity index (χ2v) is 14.5. The number of nitrogens with zero attached hydrogens (tertiary/aromatic N) is 2. The van der Waals surface area contributed by atoms with Crippen molar-refractivity contribution in [3.05, 3.63) is 193 Å². The van der Waals surface area contributed by atoms with Crippen LogP contribution in [0.25, 0.3) is 88.8 Å². The van der Waals surface area contributed by atoms with Crippen molar-refractivity contribution >= 4 is 21.5 Å². The molecule has 9 aromatic rings. The van der Waals surface area contributed by atoms with Gasteiger partial charge in [-0.15, -0.1) is 0 Å². The van der Waals surface area contributed by atoms with Gasteiger partial charge in [-0.1, -0.05) is 190 Å². The van der Waals surface area contributed by atoms with Gasteiger partial charge in [-0.3, -0.25) is 0 Å². The number of benzene rings is 8. The van der Waals surface area contributed by atoms with Crippen LogP contribution in [0.1, 0.15) is 25.0 Å². The van der Waals surface area contributed by atoms with Gasteiger partial charge in [0.25, 0.3) is 0 Å². The molecule has 0 N–H and O–H groups in total. The largest absolute Gasteiger partial charge is 0.228 e. The van der Waals surface area contributed by atoms with E-state index in [0.29, 0.717) is 5.82 Å². The monoisotopic (exact) mass is 676 g/mol. The maximum Gasteiger partial charge on any atom is 0.160 e. The van der Waals surface area contributed by atoms with Crippen LogP contribution in [0.2, 0.25) is 0 Å². The lowest BCUT2D eigenvalue weighted by atomic mass is 9.78. The highest BCUT2D eigenvalue weighted by molar-refractivity contribution is 6.08. The molecule has 8 aromatic carbocycles. The van der Waals surface area contributed by atoms with Crippen molar-refractivity contribution in [2.24, 2.45) is 0 Å². The lowest BCUT2D eigenvalue weighted by Gasteiger charge is -2.25. The molecule has 250 valence electrons. The molecule has 0 aliphatic heterocycles. The van der Waals surface area contributed by atoms with E-state index in [9.17, 15) is 0 Å². The van der Waals surface area contributed by atoms with E-state index < -0.39 is 0 Å². The van der Waals surface area contributed by atoms with Crippen molar-refractivity contribution in [1.29, 1.82) is 0 Å². The summed E-state index contributed by atoms with van der Waals surface area (Å²) in [6, 6.07) is 65.3. The third-order valence-electron chi connectivity index (χ3n) is 11.1. The fraction of sp³-hybridized carbons (Fsp3) is 0.0588. The van der Waals surface area contributed by atoms with Gasteiger partial charge in [0.15, 0.2) is 5.82 Å². The van der Waals surface area contributed by atoms with Crippen LogP contribution in [-0.2, 0) is 5.41 Å². The minimum Gasteiger partial charge on any atom is -0.228 e. The smallest absolute Gasteiger partial charge is 0.160 e. The van der Waals surface area contributed by atoms with Crippen LogP contribution in [0.5, 0.6) is 0 Å². The molecule has 0 amide bonds. The highest BCUT2D eigenvalue weighted by Crippen LogP contribution is 2.55. The van der Waals surface area contributed by atoms with Crippen LogP contribution < -0.4 is 0 Å². The molecule has 0 fully saturated rings. The van der Waals surface area contributed by atoms with E-state index in [1.165, 1.54) is 66.1 Å². The van der Waals surface area contributed by atoms with Crippen molar-refractivity contribution in [2.45, 2.75) is 19.3 Å². The second-order valence-electron chi connectivity index (χ2n) is 14.5. The Morgan fingerprint density at radius 1 is 0.377 bits per heavy atom. The molecule has 0 saturated carbocycles. The Morgan fingerprint density at radius 3 is 1.70 bits per heavy atom. The quantitative estimate of drug-likeness (QED) is 0.181.